The largest absolute Gasteiger partial charge is 0.480 e. The highest BCUT2D eigenvalue weighted by Crippen LogP contribution is 2.23. The summed E-state index contributed by atoms with van der Waals surface area (Å²) in [4.78, 5) is 39.0. The van der Waals surface area contributed by atoms with E-state index in [4.69, 9.17) is 5.73 Å². The van der Waals surface area contributed by atoms with Crippen LogP contribution < -0.4 is 15.8 Å². The van der Waals surface area contributed by atoms with E-state index in [2.05, 4.69) is 10.3 Å². The van der Waals surface area contributed by atoms with Crippen LogP contribution in [0.25, 0.3) is 0 Å². The number of carboxylic acid groups (broad SMARTS) is 1. The van der Waals surface area contributed by atoms with Crippen molar-refractivity contribution >= 4 is 39.1 Å². The average molecular weight is 518 g/mol. The number of nitrogens with zero attached hydrogens (tertiary/aromatic N) is 1. The van der Waals surface area contributed by atoms with Crippen LogP contribution in [0.5, 0.6) is 0 Å². The van der Waals surface area contributed by atoms with Crippen molar-refractivity contribution in [1.29, 1.82) is 0 Å². The first-order valence-electron chi connectivity index (χ1n) is 10.2. The molecule has 0 aliphatic heterocycles. The molecule has 1 amide bonds. The molecule has 2 aromatic carbocycles. The van der Waals surface area contributed by atoms with Crippen LogP contribution in [0.3, 0.4) is 0 Å². The van der Waals surface area contributed by atoms with Gasteiger partial charge < -0.3 is 16.2 Å². The van der Waals surface area contributed by atoms with Crippen LogP contribution in [-0.2, 0) is 21.2 Å². The average Bonchev–Trinajstić information content (AvgIpc) is 2.81. The normalized spacial score (nSPS) is 12.0. The third kappa shape index (κ3) is 6.18. The van der Waals surface area contributed by atoms with Gasteiger partial charge in [-0.15, -0.1) is 0 Å². The number of halogens is 2. The van der Waals surface area contributed by atoms with Crippen molar-refractivity contribution in [3.05, 3.63) is 83.2 Å². The minimum Gasteiger partial charge on any atom is -0.480 e. The van der Waals surface area contributed by atoms with Gasteiger partial charge in [0.25, 0.3) is 15.9 Å². The summed E-state index contributed by atoms with van der Waals surface area (Å²) in [5.41, 5.74) is 4.79. The Labute approximate surface area is 204 Å². The van der Waals surface area contributed by atoms with Crippen molar-refractivity contribution in [2.75, 3.05) is 10.5 Å². The summed E-state index contributed by atoms with van der Waals surface area (Å²) in [5.74, 6) is -5.54. The van der Waals surface area contributed by atoms with Gasteiger partial charge in [0.15, 0.2) is 5.78 Å². The number of carbonyl (C=O) groups excluding carboxylic acids is 2. The lowest BCUT2D eigenvalue weighted by Gasteiger charge is -2.15. The number of sulfonamides is 1. The summed E-state index contributed by atoms with van der Waals surface area (Å²) in [6.45, 7) is 1.30. The van der Waals surface area contributed by atoms with Crippen LogP contribution in [0, 0.1) is 11.6 Å². The predicted molar refractivity (Wildman–Crippen MR) is 125 cm³/mol. The van der Waals surface area contributed by atoms with Gasteiger partial charge in [0, 0.05) is 23.7 Å². The minimum atomic E-state index is -4.36. The number of aliphatic carboxylic acids is 1. The van der Waals surface area contributed by atoms with Gasteiger partial charge >= 0.3 is 5.97 Å². The minimum absolute atomic E-state index is 0.258. The number of nitrogens with one attached hydrogen (secondary N) is 2. The van der Waals surface area contributed by atoms with Crippen LogP contribution in [0.2, 0.25) is 0 Å². The number of pyridine rings is 1. The molecule has 13 heteroatoms. The van der Waals surface area contributed by atoms with Crippen molar-refractivity contribution in [2.45, 2.75) is 24.3 Å². The molecule has 1 atom stereocenters. The Balaban J connectivity index is 1.79. The Morgan fingerprint density at radius 3 is 2.28 bits per heavy atom. The van der Waals surface area contributed by atoms with Crippen LogP contribution >= 0.6 is 0 Å². The Bertz CT molecular complexity index is 1430. The topological polar surface area (TPSA) is 169 Å². The maximum atomic E-state index is 14.6. The summed E-state index contributed by atoms with van der Waals surface area (Å²) in [6, 6.07) is 7.09. The summed E-state index contributed by atoms with van der Waals surface area (Å²) in [7, 11) is -4.36. The predicted octanol–water partition coefficient (Wildman–Crippen LogP) is 2.37. The van der Waals surface area contributed by atoms with Crippen LogP contribution in [0.4, 0.5) is 20.2 Å². The van der Waals surface area contributed by atoms with Crippen molar-refractivity contribution < 1.29 is 36.7 Å². The van der Waals surface area contributed by atoms with E-state index in [1.165, 1.54) is 37.4 Å². The molecular weight excluding hydrogens is 498 g/mol. The third-order valence-electron chi connectivity index (χ3n) is 4.98. The number of ketones is 1. The van der Waals surface area contributed by atoms with Gasteiger partial charge in [-0.05, 0) is 37.3 Å². The van der Waals surface area contributed by atoms with Crippen LogP contribution in [0.15, 0.2) is 59.6 Å². The van der Waals surface area contributed by atoms with Crippen LogP contribution in [0.1, 0.15) is 33.3 Å². The van der Waals surface area contributed by atoms with E-state index < -0.39 is 50.8 Å². The lowest BCUT2D eigenvalue weighted by molar-refractivity contribution is -0.139. The van der Waals surface area contributed by atoms with Crippen molar-refractivity contribution in [3.63, 3.8) is 0 Å². The van der Waals surface area contributed by atoms with E-state index in [0.717, 1.165) is 12.1 Å². The number of rotatable bonds is 9. The number of benzene rings is 2. The monoisotopic (exact) mass is 518 g/mol. The molecule has 5 N–H and O–H groups in total. The van der Waals surface area contributed by atoms with E-state index in [0.29, 0.717) is 17.8 Å². The number of nitrogen functional groups attached to an aromatic ring is 1. The second-order valence-corrected chi connectivity index (χ2v) is 9.33. The molecule has 1 heterocycles. The highest BCUT2D eigenvalue weighted by atomic mass is 32.2. The quantitative estimate of drug-likeness (QED) is 0.313. The van der Waals surface area contributed by atoms with E-state index in [-0.39, 0.29) is 28.4 Å². The number of aromatic nitrogens is 1. The molecule has 36 heavy (non-hydrogen) atoms. The fourth-order valence-electron chi connectivity index (χ4n) is 3.07. The van der Waals surface area contributed by atoms with Gasteiger partial charge in [-0.25, -0.2) is 22.0 Å². The van der Waals surface area contributed by atoms with Gasteiger partial charge in [0.05, 0.1) is 28.0 Å². The van der Waals surface area contributed by atoms with Gasteiger partial charge in [-0.3, -0.25) is 19.3 Å². The van der Waals surface area contributed by atoms with Crippen molar-refractivity contribution in [2.24, 2.45) is 0 Å². The second kappa shape index (κ2) is 10.5. The molecule has 0 unspecified atom stereocenters. The molecular formula is C23H20F2N4O6S. The summed E-state index contributed by atoms with van der Waals surface area (Å²) < 4.78 is 56.2. The number of hydrogen-bond acceptors (Lipinski definition) is 7. The Hall–Kier alpha value is -4.39. The van der Waals surface area contributed by atoms with E-state index >= 15 is 0 Å². The zero-order valence-electron chi connectivity index (χ0n) is 18.7. The number of hydrogen-bond donors (Lipinski definition) is 4. The molecule has 1 aromatic heterocycles. The summed E-state index contributed by atoms with van der Waals surface area (Å²) in [6.07, 6.45) is 1.04. The first kappa shape index (κ1) is 26.2. The summed E-state index contributed by atoms with van der Waals surface area (Å²) >= 11 is 0. The molecule has 0 radical (unpaired) electrons. The highest BCUT2D eigenvalue weighted by molar-refractivity contribution is 7.92. The molecule has 0 bridgehead atoms. The maximum absolute atomic E-state index is 14.6. The third-order valence-corrected chi connectivity index (χ3v) is 6.36. The van der Waals surface area contributed by atoms with Crippen molar-refractivity contribution in [3.8, 4) is 0 Å². The van der Waals surface area contributed by atoms with Gasteiger partial charge in [0.2, 0.25) is 0 Å². The molecule has 3 aromatic rings. The van der Waals surface area contributed by atoms with E-state index in [1.807, 2.05) is 4.72 Å². The molecule has 3 rings (SSSR count). The van der Waals surface area contributed by atoms with Gasteiger partial charge in [-0.1, -0.05) is 12.1 Å². The Kier molecular flexibility index (Phi) is 7.63. The smallest absolute Gasteiger partial charge is 0.326 e. The van der Waals surface area contributed by atoms with Gasteiger partial charge in [-0.2, -0.15) is 0 Å². The number of anilines is 2. The highest BCUT2D eigenvalue weighted by Gasteiger charge is 2.25. The SMILES string of the molecule is CC(=O)c1ccc(S(=O)(=O)Nc2cc(F)c(C(=O)N[C@@H](Cc3ccc(N)cn3)C(=O)O)cc2F)cc1. The van der Waals surface area contributed by atoms with E-state index in [9.17, 15) is 36.7 Å². The first-order valence-corrected chi connectivity index (χ1v) is 11.7. The fourth-order valence-corrected chi connectivity index (χ4v) is 4.13. The number of Topliss-reactive ketones (excluding diaryl/α,β-unsaturated/α-hetero) is 1. The standard InChI is InChI=1S/C23H20F2N4O6S/c1-12(30)13-2-6-16(7-3-13)36(34,35)29-20-10-18(24)17(9-19(20)25)22(31)28-21(23(32)33)8-15-5-4-14(26)11-27-15/h2-7,9-11,21,29H,8,26H2,1H3,(H,28,31)(H,32,33)/t21-/m0/s1. The maximum Gasteiger partial charge on any atom is 0.326 e. The zero-order chi connectivity index (χ0) is 26.6. The first-order chi connectivity index (χ1) is 16.9. The number of carbonyl (C=O) groups is 3. The molecule has 0 spiro atoms. The molecule has 0 saturated carbocycles. The number of amides is 1. The number of carboxylic acids is 1. The van der Waals surface area contributed by atoms with Gasteiger partial charge in [0.1, 0.15) is 17.7 Å². The summed E-state index contributed by atoms with van der Waals surface area (Å²) in [5, 5.41) is 11.5. The molecule has 10 nitrogen and oxygen atoms in total. The molecule has 0 aliphatic carbocycles. The van der Waals surface area contributed by atoms with Crippen molar-refractivity contribution in [1.82, 2.24) is 10.3 Å². The zero-order valence-corrected chi connectivity index (χ0v) is 19.5. The Morgan fingerprint density at radius 1 is 1.06 bits per heavy atom. The van der Waals surface area contributed by atoms with Crippen LogP contribution in [-0.4, -0.2) is 42.2 Å². The lowest BCUT2D eigenvalue weighted by Crippen LogP contribution is -2.42. The van der Waals surface area contributed by atoms with E-state index in [1.54, 1.807) is 0 Å². The lowest BCUT2D eigenvalue weighted by atomic mass is 10.1. The molecule has 188 valence electrons. The molecule has 0 fully saturated rings. The molecule has 0 saturated heterocycles. The fraction of sp³-hybridized carbons (Fsp3) is 0.130. The molecule has 0 aliphatic rings. The number of nitrogens with two attached hydrogens (primary N) is 1. The Morgan fingerprint density at radius 2 is 1.72 bits per heavy atom. The second-order valence-electron chi connectivity index (χ2n) is 7.65.